The lowest BCUT2D eigenvalue weighted by Crippen LogP contribution is -2.19. The maximum atomic E-state index is 12.6. The van der Waals surface area contributed by atoms with Gasteiger partial charge in [-0.3, -0.25) is 9.36 Å². The molecule has 0 aliphatic carbocycles. The Bertz CT molecular complexity index is 963. The molecule has 128 valence electrons. The van der Waals surface area contributed by atoms with Crippen molar-refractivity contribution in [3.05, 3.63) is 32.5 Å². The topological polar surface area (TPSA) is 73.8 Å². The molecule has 24 heavy (non-hydrogen) atoms. The molecule has 3 heterocycles. The summed E-state index contributed by atoms with van der Waals surface area (Å²) in [6, 6.07) is 0. The highest BCUT2D eigenvalue weighted by Gasteiger charge is 2.21. The molecule has 8 heteroatoms. The molecule has 0 aliphatic rings. The molecule has 0 amide bonds. The van der Waals surface area contributed by atoms with Crippen LogP contribution in [-0.4, -0.2) is 19.7 Å². The van der Waals surface area contributed by atoms with Crippen LogP contribution in [0.2, 0.25) is 0 Å². The zero-order chi connectivity index (χ0) is 17.6. The smallest absolute Gasteiger partial charge is 0.262 e. The van der Waals surface area contributed by atoms with Crippen LogP contribution < -0.4 is 5.56 Å². The number of thiophene rings is 1. The highest BCUT2D eigenvalue weighted by atomic mass is 32.2. The van der Waals surface area contributed by atoms with Crippen molar-refractivity contribution in [3.8, 4) is 0 Å². The first-order valence-electron chi connectivity index (χ1n) is 7.61. The minimum absolute atomic E-state index is 0.00902. The third-order valence-corrected chi connectivity index (χ3v) is 5.95. The first-order chi connectivity index (χ1) is 11.2. The summed E-state index contributed by atoms with van der Waals surface area (Å²) >= 11 is 2.99. The van der Waals surface area contributed by atoms with Crippen molar-refractivity contribution in [1.29, 1.82) is 0 Å². The highest BCUT2D eigenvalue weighted by molar-refractivity contribution is 7.98. The number of rotatable bonds is 3. The van der Waals surface area contributed by atoms with E-state index in [1.54, 1.807) is 23.0 Å². The molecule has 6 nitrogen and oxygen atoms in total. The Labute approximate surface area is 148 Å². The molecule has 0 saturated carbocycles. The lowest BCUT2D eigenvalue weighted by Gasteiger charge is -2.10. The fraction of sp³-hybridized carbons (Fsp3) is 0.500. The molecular formula is C16H20N4O2S2. The Morgan fingerprint density at radius 1 is 1.25 bits per heavy atom. The minimum atomic E-state index is -0.150. The number of aromatic nitrogens is 4. The van der Waals surface area contributed by atoms with Crippen molar-refractivity contribution >= 4 is 33.3 Å². The van der Waals surface area contributed by atoms with E-state index in [4.69, 9.17) is 4.52 Å². The van der Waals surface area contributed by atoms with Gasteiger partial charge in [-0.05, 0) is 19.4 Å². The van der Waals surface area contributed by atoms with Crippen molar-refractivity contribution in [2.45, 2.75) is 50.9 Å². The Kier molecular flexibility index (Phi) is 4.29. The number of hydrogen-bond acceptors (Lipinski definition) is 7. The van der Waals surface area contributed by atoms with Gasteiger partial charge in [0.2, 0.25) is 5.89 Å². The molecule has 0 spiro atoms. The van der Waals surface area contributed by atoms with Crippen LogP contribution in [0.4, 0.5) is 0 Å². The first kappa shape index (κ1) is 17.2. The van der Waals surface area contributed by atoms with Crippen LogP contribution in [0.15, 0.2) is 14.5 Å². The van der Waals surface area contributed by atoms with E-state index in [0.29, 0.717) is 22.6 Å². The van der Waals surface area contributed by atoms with Crippen molar-refractivity contribution in [3.63, 3.8) is 0 Å². The van der Waals surface area contributed by atoms with E-state index in [1.807, 2.05) is 34.6 Å². The van der Waals surface area contributed by atoms with Crippen molar-refractivity contribution < 1.29 is 4.52 Å². The van der Waals surface area contributed by atoms with Crippen molar-refractivity contribution in [1.82, 2.24) is 19.7 Å². The summed E-state index contributed by atoms with van der Waals surface area (Å²) in [4.78, 5) is 23.6. The Morgan fingerprint density at radius 3 is 2.58 bits per heavy atom. The molecule has 3 aromatic rings. The van der Waals surface area contributed by atoms with E-state index < -0.39 is 0 Å². The lowest BCUT2D eigenvalue weighted by molar-refractivity contribution is 0.372. The summed E-state index contributed by atoms with van der Waals surface area (Å²) in [7, 11) is 1.75. The van der Waals surface area contributed by atoms with Gasteiger partial charge in [-0.2, -0.15) is 4.98 Å². The molecule has 0 N–H and O–H groups in total. The molecule has 0 unspecified atom stereocenters. The van der Waals surface area contributed by atoms with Crippen molar-refractivity contribution in [2.75, 3.05) is 0 Å². The quantitative estimate of drug-likeness (QED) is 0.522. The second-order valence-corrected chi connectivity index (χ2v) is 8.92. The fourth-order valence-corrected chi connectivity index (χ4v) is 4.11. The van der Waals surface area contributed by atoms with Crippen LogP contribution in [0.5, 0.6) is 0 Å². The molecule has 0 atom stereocenters. The van der Waals surface area contributed by atoms with Crippen LogP contribution in [0, 0.1) is 13.8 Å². The summed E-state index contributed by atoms with van der Waals surface area (Å²) in [6.45, 7) is 10.1. The predicted octanol–water partition coefficient (Wildman–Crippen LogP) is 3.58. The van der Waals surface area contributed by atoms with Gasteiger partial charge in [0.1, 0.15) is 4.83 Å². The molecule has 0 aliphatic heterocycles. The van der Waals surface area contributed by atoms with E-state index in [1.165, 1.54) is 11.8 Å². The van der Waals surface area contributed by atoms with Gasteiger partial charge in [-0.15, -0.1) is 11.3 Å². The Morgan fingerprint density at radius 2 is 1.96 bits per heavy atom. The maximum Gasteiger partial charge on any atom is 0.262 e. The molecule has 3 rings (SSSR count). The fourth-order valence-electron chi connectivity index (χ4n) is 2.23. The van der Waals surface area contributed by atoms with Crippen LogP contribution in [0.1, 0.15) is 42.9 Å². The average Bonchev–Trinajstić information content (AvgIpc) is 3.07. The zero-order valence-electron chi connectivity index (χ0n) is 14.6. The summed E-state index contributed by atoms with van der Waals surface area (Å²) in [5.41, 5.74) is 0.860. The third-order valence-electron chi connectivity index (χ3n) is 3.83. The van der Waals surface area contributed by atoms with Gasteiger partial charge < -0.3 is 4.52 Å². The molecule has 0 saturated heterocycles. The van der Waals surface area contributed by atoms with Crippen LogP contribution in [0.3, 0.4) is 0 Å². The van der Waals surface area contributed by atoms with E-state index in [9.17, 15) is 4.79 Å². The lowest BCUT2D eigenvalue weighted by atomic mass is 9.96. The summed E-state index contributed by atoms with van der Waals surface area (Å²) in [6.07, 6.45) is 0. The largest absolute Gasteiger partial charge is 0.338 e. The second-order valence-electron chi connectivity index (χ2n) is 6.77. The average molecular weight is 364 g/mol. The normalized spacial score (nSPS) is 12.2. The number of aryl methyl sites for hydroxylation is 2. The van der Waals surface area contributed by atoms with E-state index in [2.05, 4.69) is 15.1 Å². The summed E-state index contributed by atoms with van der Waals surface area (Å²) in [5, 5.41) is 5.39. The molecule has 0 fully saturated rings. The van der Waals surface area contributed by atoms with E-state index in [-0.39, 0.29) is 11.0 Å². The highest BCUT2D eigenvalue weighted by Crippen LogP contribution is 2.29. The number of thioether (sulfide) groups is 1. The summed E-state index contributed by atoms with van der Waals surface area (Å²) < 4.78 is 6.89. The minimum Gasteiger partial charge on any atom is -0.338 e. The van der Waals surface area contributed by atoms with Gasteiger partial charge in [0.25, 0.3) is 5.56 Å². The van der Waals surface area contributed by atoms with Gasteiger partial charge in [0, 0.05) is 17.3 Å². The number of fused-ring (bicyclic) bond motifs is 1. The van der Waals surface area contributed by atoms with Crippen molar-refractivity contribution in [2.24, 2.45) is 7.05 Å². The number of nitrogens with zero attached hydrogens (tertiary/aromatic N) is 4. The first-order valence-corrected chi connectivity index (χ1v) is 9.41. The van der Waals surface area contributed by atoms with Gasteiger partial charge in [-0.1, -0.05) is 37.7 Å². The Hall–Kier alpha value is -1.67. The van der Waals surface area contributed by atoms with E-state index >= 15 is 0 Å². The molecule has 3 aromatic heterocycles. The maximum absolute atomic E-state index is 12.6. The second kappa shape index (κ2) is 6.00. The molecule has 0 aromatic carbocycles. The molecule has 0 bridgehead atoms. The molecule has 0 radical (unpaired) electrons. The van der Waals surface area contributed by atoms with Crippen LogP contribution in [0.25, 0.3) is 10.2 Å². The van der Waals surface area contributed by atoms with Crippen LogP contribution >= 0.6 is 23.1 Å². The standard InChI is InChI=1S/C16H20N4O2S2/c1-8-9(2)24-12-11(8)13(21)20(6)15(18-12)23-7-10-17-14(19-22-10)16(3,4)5/h7H2,1-6H3. The summed E-state index contributed by atoms with van der Waals surface area (Å²) in [5.74, 6) is 1.70. The van der Waals surface area contributed by atoms with Crippen LogP contribution in [-0.2, 0) is 18.2 Å². The van der Waals surface area contributed by atoms with E-state index in [0.717, 1.165) is 20.7 Å². The predicted molar refractivity (Wildman–Crippen MR) is 96.9 cm³/mol. The molecular weight excluding hydrogens is 344 g/mol. The van der Waals surface area contributed by atoms with Gasteiger partial charge in [0.15, 0.2) is 11.0 Å². The van der Waals surface area contributed by atoms with Gasteiger partial charge in [0.05, 0.1) is 11.1 Å². The number of hydrogen-bond donors (Lipinski definition) is 0. The van der Waals surface area contributed by atoms with Gasteiger partial charge in [-0.25, -0.2) is 4.98 Å². The monoisotopic (exact) mass is 364 g/mol. The Balaban J connectivity index is 1.89. The SMILES string of the molecule is Cc1sc2nc(SCc3nc(C(C)(C)C)no3)n(C)c(=O)c2c1C. The zero-order valence-corrected chi connectivity index (χ0v) is 16.3. The van der Waals surface area contributed by atoms with Gasteiger partial charge >= 0.3 is 0 Å². The third kappa shape index (κ3) is 3.00.